The third-order valence-corrected chi connectivity index (χ3v) is 3.72. The summed E-state index contributed by atoms with van der Waals surface area (Å²) in [6.45, 7) is -5.22. The number of phenols is 1. The van der Waals surface area contributed by atoms with Crippen LogP contribution < -0.4 is 15.8 Å². The maximum atomic E-state index is 12.0. The van der Waals surface area contributed by atoms with E-state index in [1.165, 1.54) is 34.6 Å². The van der Waals surface area contributed by atoms with Gasteiger partial charge in [0.05, 0.1) is 51.0 Å². The minimum absolute atomic E-state index is 0.489. The van der Waals surface area contributed by atoms with Crippen LogP contribution in [-0.2, 0) is 22.6 Å². The minimum Gasteiger partial charge on any atom is -0.508 e. The molecule has 3 rings (SSSR count). The molecule has 2 atom stereocenters. The van der Waals surface area contributed by atoms with E-state index >= 15 is 0 Å². The van der Waals surface area contributed by atoms with Crippen LogP contribution in [0.4, 0.5) is 4.79 Å². The van der Waals surface area contributed by atoms with Gasteiger partial charge in [0.25, 0.3) is 0 Å². The molecule has 1 aliphatic heterocycles. The van der Waals surface area contributed by atoms with Gasteiger partial charge in [0.1, 0.15) is 17.1 Å². The van der Waals surface area contributed by atoms with E-state index < -0.39 is 126 Å². The van der Waals surface area contributed by atoms with Gasteiger partial charge in [-0.3, -0.25) is 0 Å². The van der Waals surface area contributed by atoms with Gasteiger partial charge in [-0.2, -0.15) is 0 Å². The fourth-order valence-corrected chi connectivity index (χ4v) is 2.25. The Labute approximate surface area is 234 Å². The van der Waals surface area contributed by atoms with Gasteiger partial charge in [0.15, 0.2) is 0 Å². The molecule has 2 aromatic carbocycles. The van der Waals surface area contributed by atoms with Crippen LogP contribution in [0.5, 0.6) is 11.5 Å². The fourth-order valence-electron chi connectivity index (χ4n) is 2.25. The third-order valence-electron chi connectivity index (χ3n) is 3.72. The van der Waals surface area contributed by atoms with Crippen LogP contribution in [0.2, 0.25) is 0 Å². The molecule has 0 bridgehead atoms. The molecule has 36 heavy (non-hydrogen) atoms. The van der Waals surface area contributed by atoms with E-state index in [1.54, 1.807) is 5.32 Å². The zero-order valence-corrected chi connectivity index (χ0v) is 20.0. The predicted octanol–water partition coefficient (Wildman–Crippen LogP) is 2.77. The molecule has 0 saturated carbocycles. The number of benzene rings is 2. The first kappa shape index (κ1) is 13.6. The van der Waals surface area contributed by atoms with Gasteiger partial charge in [-0.25, -0.2) is 4.79 Å². The number of aromatic hydroxyl groups is 1. The topological polar surface area (TPSA) is 164 Å². The van der Waals surface area contributed by atoms with Crippen molar-refractivity contribution in [1.82, 2.24) is 5.32 Å². The highest BCUT2D eigenvalue weighted by atomic mass is 16.7. The van der Waals surface area contributed by atoms with Gasteiger partial charge in [0.2, 0.25) is 5.79 Å². The van der Waals surface area contributed by atoms with Gasteiger partial charge in [-0.1, -0.05) is 12.1 Å². The highest BCUT2D eigenvalue weighted by Gasteiger charge is 2.28. The number of aliphatic hydroxyl groups is 3. The molecule has 7 N–H and O–H groups in total. The largest absolute Gasteiger partial charge is 0.508 e. The lowest BCUT2D eigenvalue weighted by atomic mass is 10.0. The molecule has 0 saturated heterocycles. The Morgan fingerprint density at radius 1 is 1.28 bits per heavy atom. The Balaban J connectivity index is 0.000000389. The van der Waals surface area contributed by atoms with E-state index in [2.05, 4.69) is 0 Å². The number of alkyl carbamates (subject to hydrolysis) is 1. The van der Waals surface area contributed by atoms with Crippen molar-refractivity contribution < 1.29 is 61.4 Å². The maximum absolute atomic E-state index is 12.0. The number of hydrogen-bond acceptors (Lipinski definition) is 9. The lowest BCUT2D eigenvalue weighted by Crippen LogP contribution is -2.36. The lowest BCUT2D eigenvalue weighted by molar-refractivity contribution is -0.180. The molecule has 0 aromatic heterocycles. The average Bonchev–Trinajstić information content (AvgIpc) is 2.86. The fraction of sp³-hybridized carbons (Fsp3) is 0.500. The van der Waals surface area contributed by atoms with E-state index in [0.717, 1.165) is 0 Å². The third kappa shape index (κ3) is 8.96. The molecule has 0 fully saturated rings. The maximum Gasteiger partial charge on any atom is 0.407 e. The van der Waals surface area contributed by atoms with Crippen molar-refractivity contribution in [3.8, 4) is 11.5 Å². The van der Waals surface area contributed by atoms with Crippen molar-refractivity contribution in [3.63, 3.8) is 0 Å². The summed E-state index contributed by atoms with van der Waals surface area (Å²) in [4.78, 5) is 12.0. The molecule has 0 radical (unpaired) electrons. The van der Waals surface area contributed by atoms with Gasteiger partial charge >= 0.3 is 6.09 Å². The SMILES string of the molecule is [2H]c1c([2H])c(C([2H])(O)C([2H])([2H])N)c([2H])c(C([2H])([2H])O)c1O.[2H]c1c([2H])c(C([2H])(O)C([2H])([2H])NC(=O)OC(C)(C)C)c([2H])c2c1OC(C)(C)OC2([2H])[2H]. The Morgan fingerprint density at radius 3 is 2.53 bits per heavy atom. The normalized spacial score (nSPS) is 26.7. The Morgan fingerprint density at radius 2 is 1.92 bits per heavy atom. The van der Waals surface area contributed by atoms with E-state index in [1.807, 2.05) is 0 Å². The second-order valence-electron chi connectivity index (χ2n) is 8.34. The number of carbonyl (C=O) groups is 1. The summed E-state index contributed by atoms with van der Waals surface area (Å²) in [5.74, 6) is -3.25. The second kappa shape index (κ2) is 12.4. The Hall–Kier alpha value is -2.89. The predicted molar refractivity (Wildman–Crippen MR) is 133 cm³/mol. The summed E-state index contributed by atoms with van der Waals surface area (Å²) in [5, 5.41) is 41.1. The quantitative estimate of drug-likeness (QED) is 0.335. The lowest BCUT2D eigenvalue weighted by Gasteiger charge is -2.33. The van der Waals surface area contributed by atoms with Gasteiger partial charge in [-0.15, -0.1) is 0 Å². The van der Waals surface area contributed by atoms with Gasteiger partial charge in [-0.05, 0) is 56.1 Å². The standard InChI is InChI=1S/C17H25NO5.C9H13NO3/c1-16(2,3)23-15(20)18-9-13(19)11-6-7-14-12(8-11)10-21-17(4,5)22-14;10-4-9(13)6-1-2-8(12)7(3-6)5-11/h6-8,13,19H,9-10H2,1-5H3,(H,18,20);1-3,9,11-13H,4-5,10H2/i6D,7D,8D,9D2,10D2,13D;1D,2D,3D,4D2,5D2,9D. The van der Waals surface area contributed by atoms with Crippen LogP contribution in [-0.4, -0.2) is 50.9 Å². The number of fused-ring (bicyclic) bond motifs is 1. The first-order valence-corrected chi connectivity index (χ1v) is 10.1. The number of carbonyl (C=O) groups excluding carboxylic acids is 1. The molecule has 2 aromatic rings. The van der Waals surface area contributed by atoms with Crippen LogP contribution >= 0.6 is 0 Å². The monoisotopic (exact) mass is 522 g/mol. The highest BCUT2D eigenvalue weighted by molar-refractivity contribution is 5.67. The van der Waals surface area contributed by atoms with Crippen molar-refractivity contribution in [1.29, 1.82) is 0 Å². The summed E-state index contributed by atoms with van der Waals surface area (Å²) in [7, 11) is 0. The summed E-state index contributed by atoms with van der Waals surface area (Å²) in [5.41, 5.74) is -0.0549. The van der Waals surface area contributed by atoms with Crippen LogP contribution in [0.25, 0.3) is 0 Å². The number of ether oxygens (including phenoxy) is 3. The van der Waals surface area contributed by atoms with Crippen molar-refractivity contribution >= 4 is 6.09 Å². The minimum atomic E-state index is -3.48. The molecule has 1 heterocycles. The van der Waals surface area contributed by atoms with Gasteiger partial charge in [0, 0.05) is 34.2 Å². The van der Waals surface area contributed by atoms with Crippen LogP contribution in [0, 0.1) is 0 Å². The smallest absolute Gasteiger partial charge is 0.407 e. The van der Waals surface area contributed by atoms with E-state index in [0.29, 0.717) is 0 Å². The number of hydrogen-bond donors (Lipinski definition) is 6. The van der Waals surface area contributed by atoms with Gasteiger partial charge < -0.3 is 45.7 Å². The zero-order chi connectivity index (χ0) is 41.3. The first-order valence-electron chi connectivity index (χ1n) is 18.1. The molecule has 2 unspecified atom stereocenters. The molecule has 1 amide bonds. The van der Waals surface area contributed by atoms with Crippen LogP contribution in [0.1, 0.15) is 91.0 Å². The van der Waals surface area contributed by atoms with E-state index in [9.17, 15) is 25.2 Å². The summed E-state index contributed by atoms with van der Waals surface area (Å²) in [6.07, 6.45) is -8.16. The number of amides is 1. The molecular weight excluding hydrogens is 468 g/mol. The number of nitrogens with one attached hydrogen (secondary N) is 1. The Kier molecular flexibility index (Phi) is 4.67. The molecule has 1 aliphatic rings. The van der Waals surface area contributed by atoms with Crippen molar-refractivity contribution in [3.05, 3.63) is 58.5 Å². The Bertz CT molecular complexity index is 1740. The number of nitrogens with two attached hydrogens (primary N) is 1. The average molecular weight is 523 g/mol. The molecule has 0 aliphatic carbocycles. The molecule has 10 nitrogen and oxygen atoms in total. The van der Waals surface area contributed by atoms with E-state index in [-0.39, 0.29) is 0 Å². The molecule has 10 heteroatoms. The summed E-state index contributed by atoms with van der Waals surface area (Å²) >= 11 is 0. The number of rotatable bonds is 6. The summed E-state index contributed by atoms with van der Waals surface area (Å²) < 4.78 is 139. The van der Waals surface area contributed by atoms with Crippen molar-refractivity contribution in [2.75, 3.05) is 13.0 Å². The first-order chi connectivity index (χ1) is 22.8. The molecule has 200 valence electrons. The molecule has 0 spiro atoms. The highest BCUT2D eigenvalue weighted by Crippen LogP contribution is 2.32. The van der Waals surface area contributed by atoms with E-state index in [4.69, 9.17) is 41.9 Å². The van der Waals surface area contributed by atoms with Crippen molar-refractivity contribution in [2.24, 2.45) is 5.73 Å². The second-order valence-corrected chi connectivity index (χ2v) is 8.34. The zero-order valence-electron chi connectivity index (χ0n) is 36.0. The van der Waals surface area contributed by atoms with Crippen LogP contribution in [0.15, 0.2) is 36.3 Å². The van der Waals surface area contributed by atoms with Crippen molar-refractivity contribution in [2.45, 2.75) is 71.3 Å². The summed E-state index contributed by atoms with van der Waals surface area (Å²) in [6, 6.07) is -6.03. The molecular formula is C26H38N2O8. The van der Waals surface area contributed by atoms with Crippen LogP contribution in [0.3, 0.4) is 0 Å².